The summed E-state index contributed by atoms with van der Waals surface area (Å²) in [5, 5.41) is 9.87. The summed E-state index contributed by atoms with van der Waals surface area (Å²) in [6.45, 7) is 0.545. The van der Waals surface area contributed by atoms with Gasteiger partial charge in [0.1, 0.15) is 0 Å². The summed E-state index contributed by atoms with van der Waals surface area (Å²) in [6.07, 6.45) is 7.35. The van der Waals surface area contributed by atoms with Gasteiger partial charge in [0.05, 0.1) is 10.3 Å². The number of hydrogen-bond donors (Lipinski definition) is 2. The summed E-state index contributed by atoms with van der Waals surface area (Å²) in [7, 11) is 0. The molecule has 0 saturated heterocycles. The normalized spacial score (nSPS) is 19.0. The van der Waals surface area contributed by atoms with Gasteiger partial charge in [0.25, 0.3) is 0 Å². The van der Waals surface area contributed by atoms with Crippen LogP contribution in [0.2, 0.25) is 0 Å². The molecule has 102 valence electrons. The van der Waals surface area contributed by atoms with Gasteiger partial charge in [-0.15, -0.1) is 23.1 Å². The highest BCUT2D eigenvalue weighted by Crippen LogP contribution is 2.35. The molecule has 0 radical (unpaired) electrons. The first-order chi connectivity index (χ1) is 8.79. The predicted molar refractivity (Wildman–Crippen MR) is 80.2 cm³/mol. The molecule has 2 nitrogen and oxygen atoms in total. The fourth-order valence-corrected chi connectivity index (χ4v) is 4.83. The Bertz CT molecular complexity index is 347. The molecule has 1 fully saturated rings. The quantitative estimate of drug-likeness (QED) is 0.781. The highest BCUT2D eigenvalue weighted by Gasteiger charge is 2.15. The third-order valence-electron chi connectivity index (χ3n) is 3.56. The van der Waals surface area contributed by atoms with Gasteiger partial charge >= 0.3 is 0 Å². The van der Waals surface area contributed by atoms with Gasteiger partial charge in [0.2, 0.25) is 0 Å². The Morgan fingerprint density at radius 3 is 2.83 bits per heavy atom. The molecule has 1 saturated carbocycles. The Hall–Kier alpha value is -0.0300. The van der Waals surface area contributed by atoms with E-state index < -0.39 is 0 Å². The second-order valence-corrected chi connectivity index (χ2v) is 7.50. The second-order valence-electron chi connectivity index (χ2n) is 5.06. The lowest BCUT2D eigenvalue weighted by atomic mass is 9.91. The number of thioether (sulfide) groups is 1. The Balaban J connectivity index is 1.79. The molecule has 0 bridgehead atoms. The topological polar surface area (TPSA) is 46.2 Å². The van der Waals surface area contributed by atoms with Crippen LogP contribution in [0.3, 0.4) is 0 Å². The average molecular weight is 285 g/mol. The van der Waals surface area contributed by atoms with E-state index in [1.807, 2.05) is 17.8 Å². The molecule has 1 atom stereocenters. The molecular formula is C14H23NOS2. The molecule has 1 aromatic rings. The van der Waals surface area contributed by atoms with E-state index in [0.717, 1.165) is 10.8 Å². The third kappa shape index (κ3) is 4.26. The summed E-state index contributed by atoms with van der Waals surface area (Å²) in [5.74, 6) is 2.15. The van der Waals surface area contributed by atoms with Crippen LogP contribution in [0.4, 0.5) is 0 Å². The van der Waals surface area contributed by atoms with E-state index in [2.05, 4.69) is 6.07 Å². The number of aliphatic hydroxyl groups excluding tert-OH is 1. The third-order valence-corrected chi connectivity index (χ3v) is 6.20. The minimum absolute atomic E-state index is 0.371. The number of rotatable bonds is 6. The van der Waals surface area contributed by atoms with Crippen molar-refractivity contribution in [1.82, 2.24) is 0 Å². The average Bonchev–Trinajstić information content (AvgIpc) is 2.87. The Morgan fingerprint density at radius 1 is 1.33 bits per heavy atom. The van der Waals surface area contributed by atoms with Crippen LogP contribution >= 0.6 is 23.1 Å². The van der Waals surface area contributed by atoms with Crippen LogP contribution in [-0.2, 0) is 0 Å². The lowest BCUT2D eigenvalue weighted by molar-refractivity contribution is 0.174. The van der Waals surface area contributed by atoms with E-state index in [9.17, 15) is 5.11 Å². The minimum Gasteiger partial charge on any atom is -0.388 e. The second kappa shape index (κ2) is 7.53. The Morgan fingerprint density at radius 2 is 2.11 bits per heavy atom. The number of aliphatic hydroxyl groups is 1. The zero-order valence-electron chi connectivity index (χ0n) is 10.8. The van der Waals surface area contributed by atoms with Crippen LogP contribution in [0, 0.1) is 5.92 Å². The molecule has 18 heavy (non-hydrogen) atoms. The van der Waals surface area contributed by atoms with Crippen LogP contribution < -0.4 is 5.73 Å². The Labute approximate surface area is 118 Å². The molecule has 0 amide bonds. The van der Waals surface area contributed by atoms with Crippen molar-refractivity contribution in [2.75, 3.05) is 12.3 Å². The van der Waals surface area contributed by atoms with Gasteiger partial charge in [-0.05, 0) is 43.9 Å². The fraction of sp³-hybridized carbons (Fsp3) is 0.714. The zero-order valence-corrected chi connectivity index (χ0v) is 12.4. The molecule has 3 N–H and O–H groups in total. The first kappa shape index (κ1) is 14.4. The molecule has 1 unspecified atom stereocenters. The first-order valence-corrected chi connectivity index (χ1v) is 8.70. The summed E-state index contributed by atoms with van der Waals surface area (Å²) < 4.78 is 1.34. The molecule has 1 heterocycles. The van der Waals surface area contributed by atoms with Crippen LogP contribution in [-0.4, -0.2) is 17.4 Å². The van der Waals surface area contributed by atoms with Gasteiger partial charge < -0.3 is 10.8 Å². The van der Waals surface area contributed by atoms with Crippen molar-refractivity contribution in [1.29, 1.82) is 0 Å². The summed E-state index contributed by atoms with van der Waals surface area (Å²) in [6, 6.07) is 4.20. The van der Waals surface area contributed by atoms with Crippen molar-refractivity contribution in [3.05, 3.63) is 17.0 Å². The van der Waals surface area contributed by atoms with Crippen LogP contribution in [0.15, 0.2) is 16.3 Å². The van der Waals surface area contributed by atoms with E-state index in [-0.39, 0.29) is 6.10 Å². The van der Waals surface area contributed by atoms with Crippen molar-refractivity contribution in [3.8, 4) is 0 Å². The maximum atomic E-state index is 9.87. The summed E-state index contributed by atoms with van der Waals surface area (Å²) in [4.78, 5) is 1.06. The Kier molecular flexibility index (Phi) is 6.02. The number of hydrogen-bond acceptors (Lipinski definition) is 4. The molecule has 0 aliphatic heterocycles. The van der Waals surface area contributed by atoms with Crippen LogP contribution in [0.25, 0.3) is 0 Å². The van der Waals surface area contributed by atoms with Gasteiger partial charge in [-0.2, -0.15) is 0 Å². The highest BCUT2D eigenvalue weighted by molar-refractivity contribution is 8.01. The van der Waals surface area contributed by atoms with Crippen molar-refractivity contribution >= 4 is 23.1 Å². The van der Waals surface area contributed by atoms with Crippen LogP contribution in [0.5, 0.6) is 0 Å². The molecule has 0 aromatic carbocycles. The SMILES string of the molecule is NCCC(O)c1ccc(SCC2CCCCC2)s1. The van der Waals surface area contributed by atoms with Crippen molar-refractivity contribution in [2.24, 2.45) is 11.7 Å². The fourth-order valence-electron chi connectivity index (χ4n) is 2.44. The maximum Gasteiger partial charge on any atom is 0.0894 e. The van der Waals surface area contributed by atoms with Crippen molar-refractivity contribution in [3.63, 3.8) is 0 Å². The lowest BCUT2D eigenvalue weighted by Crippen LogP contribution is -2.08. The maximum absolute atomic E-state index is 9.87. The molecule has 1 aliphatic carbocycles. The standard InChI is InChI=1S/C14H23NOS2/c15-9-8-12(16)13-6-7-14(18-13)17-10-11-4-2-1-3-5-11/h6-7,11-12,16H,1-5,8-10,15H2. The van der Waals surface area contributed by atoms with E-state index in [1.165, 1.54) is 42.1 Å². The smallest absolute Gasteiger partial charge is 0.0894 e. The minimum atomic E-state index is -0.371. The summed E-state index contributed by atoms with van der Waals surface area (Å²) >= 11 is 3.69. The van der Waals surface area contributed by atoms with Crippen molar-refractivity contribution < 1.29 is 5.11 Å². The highest BCUT2D eigenvalue weighted by atomic mass is 32.2. The van der Waals surface area contributed by atoms with E-state index in [4.69, 9.17) is 5.73 Å². The molecule has 2 rings (SSSR count). The van der Waals surface area contributed by atoms with Gasteiger partial charge in [-0.3, -0.25) is 0 Å². The van der Waals surface area contributed by atoms with Gasteiger partial charge in [-0.25, -0.2) is 0 Å². The van der Waals surface area contributed by atoms with E-state index >= 15 is 0 Å². The monoisotopic (exact) mass is 285 g/mol. The van der Waals surface area contributed by atoms with Crippen molar-refractivity contribution in [2.45, 2.75) is 48.8 Å². The predicted octanol–water partition coefficient (Wildman–Crippen LogP) is 3.80. The first-order valence-electron chi connectivity index (χ1n) is 6.90. The molecular weight excluding hydrogens is 262 g/mol. The molecule has 4 heteroatoms. The molecule has 1 aliphatic rings. The van der Waals surface area contributed by atoms with Crippen LogP contribution in [0.1, 0.15) is 49.5 Å². The van der Waals surface area contributed by atoms with E-state index in [1.54, 1.807) is 11.3 Å². The van der Waals surface area contributed by atoms with Gasteiger partial charge in [0, 0.05) is 10.6 Å². The van der Waals surface area contributed by atoms with Gasteiger partial charge in [0.15, 0.2) is 0 Å². The zero-order chi connectivity index (χ0) is 12.8. The molecule has 0 spiro atoms. The number of thiophene rings is 1. The lowest BCUT2D eigenvalue weighted by Gasteiger charge is -2.20. The van der Waals surface area contributed by atoms with E-state index in [0.29, 0.717) is 13.0 Å². The number of nitrogens with two attached hydrogens (primary N) is 1. The molecule has 1 aromatic heterocycles. The van der Waals surface area contributed by atoms with Gasteiger partial charge in [-0.1, -0.05) is 19.3 Å². The summed E-state index contributed by atoms with van der Waals surface area (Å²) in [5.41, 5.74) is 5.47. The largest absolute Gasteiger partial charge is 0.388 e.